The number of hydrogen-bond acceptors (Lipinski definition) is 3. The highest BCUT2D eigenvalue weighted by atomic mass is 32.2. The minimum atomic E-state index is 0.474. The first kappa shape index (κ1) is 7.92. The summed E-state index contributed by atoms with van der Waals surface area (Å²) in [6, 6.07) is 3.90. The largest absolute Gasteiger partial charge is 0.490 e. The smallest absolute Gasteiger partial charge is 0.123 e. The van der Waals surface area contributed by atoms with Crippen LogP contribution in [0.3, 0.4) is 0 Å². The van der Waals surface area contributed by atoms with Crippen LogP contribution in [0, 0.1) is 0 Å². The maximum Gasteiger partial charge on any atom is 0.123 e. The number of thioether (sulfide) groups is 1. The Hall–Kier alpha value is -0.700. The maximum absolute atomic E-state index is 5.61. The molecule has 0 atom stereocenters. The number of nitrogens with zero attached hydrogens (tertiary/aromatic N) is 1. The summed E-state index contributed by atoms with van der Waals surface area (Å²) in [4.78, 5) is 4.17. The van der Waals surface area contributed by atoms with Gasteiger partial charge in [-0.2, -0.15) is 0 Å². The third-order valence-electron chi connectivity index (χ3n) is 1.74. The number of pyridine rings is 1. The summed E-state index contributed by atoms with van der Waals surface area (Å²) in [5.41, 5.74) is 0. The van der Waals surface area contributed by atoms with E-state index in [0.29, 0.717) is 6.10 Å². The number of rotatable bonds is 3. The molecule has 1 aliphatic rings. The Kier molecular flexibility index (Phi) is 2.21. The molecule has 2 rings (SSSR count). The van der Waals surface area contributed by atoms with Gasteiger partial charge in [0.25, 0.3) is 0 Å². The molecule has 0 spiro atoms. The van der Waals surface area contributed by atoms with Crippen LogP contribution in [-0.2, 0) is 0 Å². The predicted molar refractivity (Wildman–Crippen MR) is 49.7 cm³/mol. The molecule has 0 N–H and O–H groups in total. The topological polar surface area (TPSA) is 22.1 Å². The lowest BCUT2D eigenvalue weighted by Crippen LogP contribution is -1.95. The lowest BCUT2D eigenvalue weighted by molar-refractivity contribution is 0.302. The molecule has 0 saturated heterocycles. The quantitative estimate of drug-likeness (QED) is 0.668. The van der Waals surface area contributed by atoms with Gasteiger partial charge in [0.05, 0.1) is 11.1 Å². The van der Waals surface area contributed by atoms with Crippen LogP contribution in [0.15, 0.2) is 23.4 Å². The molecule has 0 amide bonds. The molecule has 0 unspecified atom stereocenters. The Bertz CT molecular complexity index is 273. The van der Waals surface area contributed by atoms with Crippen molar-refractivity contribution in [2.45, 2.75) is 24.0 Å². The zero-order chi connectivity index (χ0) is 8.39. The van der Waals surface area contributed by atoms with E-state index in [2.05, 4.69) is 4.98 Å². The summed E-state index contributed by atoms with van der Waals surface area (Å²) >= 11 is 1.64. The SMILES string of the molecule is CSc1cc(OC2CC2)ccn1. The number of ether oxygens (including phenoxy) is 1. The average molecular weight is 181 g/mol. The van der Waals surface area contributed by atoms with Crippen LogP contribution >= 0.6 is 11.8 Å². The van der Waals surface area contributed by atoms with E-state index < -0.39 is 0 Å². The highest BCUT2D eigenvalue weighted by Gasteiger charge is 2.23. The molecule has 1 heterocycles. The van der Waals surface area contributed by atoms with E-state index >= 15 is 0 Å². The molecule has 1 fully saturated rings. The van der Waals surface area contributed by atoms with Crippen LogP contribution < -0.4 is 4.74 Å². The molecule has 1 saturated carbocycles. The third kappa shape index (κ3) is 1.91. The minimum Gasteiger partial charge on any atom is -0.490 e. The second-order valence-corrected chi connectivity index (χ2v) is 3.68. The van der Waals surface area contributed by atoms with Crippen LogP contribution in [-0.4, -0.2) is 17.3 Å². The Labute approximate surface area is 76.3 Å². The summed E-state index contributed by atoms with van der Waals surface area (Å²) in [6.07, 6.45) is 6.70. The standard InChI is InChI=1S/C9H11NOS/c1-12-9-6-8(4-5-10-9)11-7-2-3-7/h4-7H,2-3H2,1H3. The lowest BCUT2D eigenvalue weighted by Gasteiger charge is -2.03. The van der Waals surface area contributed by atoms with Gasteiger partial charge in [-0.15, -0.1) is 11.8 Å². The van der Waals surface area contributed by atoms with E-state index in [1.165, 1.54) is 12.8 Å². The fourth-order valence-electron chi connectivity index (χ4n) is 0.955. The molecule has 1 aromatic heterocycles. The molecule has 0 aliphatic heterocycles. The number of hydrogen-bond donors (Lipinski definition) is 0. The van der Waals surface area contributed by atoms with Crippen molar-refractivity contribution in [3.05, 3.63) is 18.3 Å². The van der Waals surface area contributed by atoms with E-state index in [-0.39, 0.29) is 0 Å². The summed E-state index contributed by atoms with van der Waals surface area (Å²) in [5.74, 6) is 0.955. The second-order valence-electron chi connectivity index (χ2n) is 2.85. The molecule has 1 aromatic rings. The van der Waals surface area contributed by atoms with Gasteiger partial charge >= 0.3 is 0 Å². The van der Waals surface area contributed by atoms with Crippen molar-refractivity contribution in [3.63, 3.8) is 0 Å². The van der Waals surface area contributed by atoms with Gasteiger partial charge in [0.2, 0.25) is 0 Å². The molecule has 12 heavy (non-hydrogen) atoms. The van der Waals surface area contributed by atoms with Gasteiger partial charge in [-0.25, -0.2) is 4.98 Å². The van der Waals surface area contributed by atoms with Crippen LogP contribution in [0.25, 0.3) is 0 Å². The monoisotopic (exact) mass is 181 g/mol. The normalized spacial score (nSPS) is 16.1. The van der Waals surface area contributed by atoms with E-state index in [9.17, 15) is 0 Å². The van der Waals surface area contributed by atoms with Crippen molar-refractivity contribution < 1.29 is 4.74 Å². The lowest BCUT2D eigenvalue weighted by atomic mass is 10.4. The van der Waals surface area contributed by atoms with Crippen LogP contribution in [0.1, 0.15) is 12.8 Å². The van der Waals surface area contributed by atoms with Crippen LogP contribution in [0.2, 0.25) is 0 Å². The zero-order valence-corrected chi connectivity index (χ0v) is 7.80. The fraction of sp³-hybridized carbons (Fsp3) is 0.444. The fourth-order valence-corrected chi connectivity index (χ4v) is 1.35. The molecule has 0 bridgehead atoms. The third-order valence-corrected chi connectivity index (χ3v) is 2.38. The highest BCUT2D eigenvalue weighted by molar-refractivity contribution is 7.98. The Balaban J connectivity index is 2.08. The van der Waals surface area contributed by atoms with Crippen molar-refractivity contribution in [1.29, 1.82) is 0 Å². The summed E-state index contributed by atoms with van der Waals surface area (Å²) < 4.78 is 5.61. The Morgan fingerprint density at radius 3 is 3.08 bits per heavy atom. The number of aromatic nitrogens is 1. The van der Waals surface area contributed by atoms with Gasteiger partial charge in [0.1, 0.15) is 5.75 Å². The maximum atomic E-state index is 5.61. The molecule has 0 aromatic carbocycles. The van der Waals surface area contributed by atoms with Crippen molar-refractivity contribution in [1.82, 2.24) is 4.98 Å². The van der Waals surface area contributed by atoms with Crippen molar-refractivity contribution in [2.75, 3.05) is 6.26 Å². The molecular formula is C9H11NOS. The Morgan fingerprint density at radius 2 is 2.42 bits per heavy atom. The second kappa shape index (κ2) is 3.35. The highest BCUT2D eigenvalue weighted by Crippen LogP contribution is 2.27. The molecule has 0 radical (unpaired) electrons. The van der Waals surface area contributed by atoms with Crippen LogP contribution in [0.4, 0.5) is 0 Å². The molecule has 2 nitrogen and oxygen atoms in total. The van der Waals surface area contributed by atoms with E-state index in [1.807, 2.05) is 18.4 Å². The first-order chi connectivity index (χ1) is 5.88. The first-order valence-electron chi connectivity index (χ1n) is 4.05. The van der Waals surface area contributed by atoms with Crippen molar-refractivity contribution in [2.24, 2.45) is 0 Å². The molecule has 3 heteroatoms. The van der Waals surface area contributed by atoms with Crippen molar-refractivity contribution >= 4 is 11.8 Å². The van der Waals surface area contributed by atoms with Gasteiger partial charge in [-0.3, -0.25) is 0 Å². The zero-order valence-electron chi connectivity index (χ0n) is 6.99. The molecule has 1 aliphatic carbocycles. The summed E-state index contributed by atoms with van der Waals surface area (Å²) in [6.45, 7) is 0. The Morgan fingerprint density at radius 1 is 1.58 bits per heavy atom. The van der Waals surface area contributed by atoms with E-state index in [4.69, 9.17) is 4.74 Å². The average Bonchev–Trinajstić information content (AvgIpc) is 2.89. The summed E-state index contributed by atoms with van der Waals surface area (Å²) in [7, 11) is 0. The minimum absolute atomic E-state index is 0.474. The van der Waals surface area contributed by atoms with Gasteiger partial charge in [0, 0.05) is 12.3 Å². The molecule has 64 valence electrons. The van der Waals surface area contributed by atoms with E-state index in [1.54, 1.807) is 18.0 Å². The van der Waals surface area contributed by atoms with E-state index in [0.717, 1.165) is 10.8 Å². The van der Waals surface area contributed by atoms with Gasteiger partial charge < -0.3 is 4.74 Å². The predicted octanol–water partition coefficient (Wildman–Crippen LogP) is 2.34. The van der Waals surface area contributed by atoms with Crippen LogP contribution in [0.5, 0.6) is 5.75 Å². The van der Waals surface area contributed by atoms with Gasteiger partial charge in [0.15, 0.2) is 0 Å². The first-order valence-corrected chi connectivity index (χ1v) is 5.27. The summed E-state index contributed by atoms with van der Waals surface area (Å²) in [5, 5.41) is 1.02. The molecular weight excluding hydrogens is 170 g/mol. The van der Waals surface area contributed by atoms with Crippen molar-refractivity contribution in [3.8, 4) is 5.75 Å². The van der Waals surface area contributed by atoms with Gasteiger partial charge in [-0.05, 0) is 25.2 Å². The van der Waals surface area contributed by atoms with Gasteiger partial charge in [-0.1, -0.05) is 0 Å².